The van der Waals surface area contributed by atoms with Gasteiger partial charge in [0.2, 0.25) is 0 Å². The minimum Gasteiger partial charge on any atom is -0.478 e. The van der Waals surface area contributed by atoms with E-state index in [4.69, 9.17) is 0 Å². The summed E-state index contributed by atoms with van der Waals surface area (Å²) in [7, 11) is 0. The summed E-state index contributed by atoms with van der Waals surface area (Å²) < 4.78 is 40.5. The van der Waals surface area contributed by atoms with Crippen LogP contribution >= 0.6 is 0 Å². The molecule has 1 N–H and O–H groups in total. The summed E-state index contributed by atoms with van der Waals surface area (Å²) in [5.74, 6) is -1.70. The Kier molecular flexibility index (Phi) is 3.76. The highest BCUT2D eigenvalue weighted by Crippen LogP contribution is 2.29. The van der Waals surface area contributed by atoms with Crippen LogP contribution in [0.5, 0.6) is 5.75 Å². The van der Waals surface area contributed by atoms with Crippen molar-refractivity contribution in [3.05, 3.63) is 35.5 Å². The van der Waals surface area contributed by atoms with E-state index in [1.54, 1.807) is 0 Å². The molecule has 0 amide bonds. The second-order valence-corrected chi connectivity index (χ2v) is 4.78. The van der Waals surface area contributed by atoms with Gasteiger partial charge in [-0.1, -0.05) is 13.8 Å². The normalized spacial score (nSPS) is 11.9. The van der Waals surface area contributed by atoms with Crippen LogP contribution in [0.15, 0.2) is 24.3 Å². The van der Waals surface area contributed by atoms with Crippen LogP contribution in [0.2, 0.25) is 0 Å². The number of nitrogens with zero attached hydrogens (tertiary/aromatic N) is 1. The Balaban J connectivity index is 2.63. The van der Waals surface area contributed by atoms with Crippen molar-refractivity contribution in [1.29, 1.82) is 0 Å². The van der Waals surface area contributed by atoms with E-state index in [9.17, 15) is 23.1 Å². The van der Waals surface area contributed by atoms with Crippen LogP contribution in [-0.2, 0) is 0 Å². The Bertz CT molecular complexity index is 696. The van der Waals surface area contributed by atoms with E-state index in [2.05, 4.69) is 9.72 Å². The predicted molar refractivity (Wildman–Crippen MR) is 69.5 cm³/mol. The number of ether oxygens (including phenoxy) is 1. The minimum absolute atomic E-state index is 0.00129. The van der Waals surface area contributed by atoms with Crippen LogP contribution in [0.4, 0.5) is 13.2 Å². The Labute approximate surface area is 118 Å². The van der Waals surface area contributed by atoms with Crippen molar-refractivity contribution in [2.45, 2.75) is 26.1 Å². The lowest BCUT2D eigenvalue weighted by atomic mass is 10.0. The highest BCUT2D eigenvalue weighted by Gasteiger charge is 2.31. The van der Waals surface area contributed by atoms with E-state index in [0.29, 0.717) is 11.2 Å². The maximum absolute atomic E-state index is 12.2. The zero-order valence-electron chi connectivity index (χ0n) is 11.2. The molecule has 0 bridgehead atoms. The third-order valence-electron chi connectivity index (χ3n) is 2.86. The van der Waals surface area contributed by atoms with Crippen LogP contribution in [0, 0.1) is 0 Å². The zero-order valence-corrected chi connectivity index (χ0v) is 11.2. The van der Waals surface area contributed by atoms with E-state index in [1.165, 1.54) is 12.1 Å². The van der Waals surface area contributed by atoms with Gasteiger partial charge in [-0.25, -0.2) is 4.79 Å². The average molecular weight is 299 g/mol. The van der Waals surface area contributed by atoms with Gasteiger partial charge in [-0.05, 0) is 30.2 Å². The van der Waals surface area contributed by atoms with E-state index in [1.807, 2.05) is 13.8 Å². The van der Waals surface area contributed by atoms with Gasteiger partial charge in [0, 0.05) is 11.1 Å². The molecule has 21 heavy (non-hydrogen) atoms. The van der Waals surface area contributed by atoms with Crippen LogP contribution < -0.4 is 4.74 Å². The lowest BCUT2D eigenvalue weighted by Gasteiger charge is -2.12. The van der Waals surface area contributed by atoms with E-state index in [-0.39, 0.29) is 16.9 Å². The number of benzene rings is 1. The molecule has 0 unspecified atom stereocenters. The van der Waals surface area contributed by atoms with Crippen molar-refractivity contribution >= 4 is 16.9 Å². The molecule has 2 rings (SSSR count). The van der Waals surface area contributed by atoms with Crippen LogP contribution in [0.25, 0.3) is 10.9 Å². The molecule has 112 valence electrons. The molecule has 2 aromatic rings. The molecule has 4 nitrogen and oxygen atoms in total. The van der Waals surface area contributed by atoms with E-state index in [0.717, 1.165) is 12.1 Å². The summed E-state index contributed by atoms with van der Waals surface area (Å²) in [5, 5.41) is 9.33. The first-order valence-electron chi connectivity index (χ1n) is 6.11. The fraction of sp³-hybridized carbons (Fsp3) is 0.286. The SMILES string of the molecule is CC(C)c1cc(C(=O)O)c2cc(OC(F)(F)F)ccc2n1. The van der Waals surface area contributed by atoms with Crippen LogP contribution in [0.1, 0.15) is 35.8 Å². The molecule has 0 saturated carbocycles. The molecular weight excluding hydrogens is 287 g/mol. The Hall–Kier alpha value is -2.31. The number of rotatable bonds is 3. The molecule has 0 aliphatic carbocycles. The number of hydrogen-bond acceptors (Lipinski definition) is 3. The number of carboxylic acid groups (broad SMARTS) is 1. The standard InChI is InChI=1S/C14H12F3NO3/c1-7(2)12-6-10(13(19)20)9-5-8(21-14(15,16)17)3-4-11(9)18-12/h3-7H,1-2H3,(H,19,20). The first-order valence-corrected chi connectivity index (χ1v) is 6.11. The molecule has 1 aromatic carbocycles. The van der Waals surface area contributed by atoms with Gasteiger partial charge in [0.15, 0.2) is 0 Å². The summed E-state index contributed by atoms with van der Waals surface area (Å²) >= 11 is 0. The maximum atomic E-state index is 12.2. The number of aromatic carboxylic acids is 1. The first-order chi connectivity index (χ1) is 9.67. The summed E-state index contributed by atoms with van der Waals surface area (Å²) in [4.78, 5) is 15.6. The Morgan fingerprint density at radius 1 is 1.29 bits per heavy atom. The Morgan fingerprint density at radius 3 is 2.48 bits per heavy atom. The molecule has 1 aromatic heterocycles. The average Bonchev–Trinajstić information content (AvgIpc) is 2.35. The highest BCUT2D eigenvalue weighted by molar-refractivity contribution is 6.03. The van der Waals surface area contributed by atoms with Gasteiger partial charge in [-0.15, -0.1) is 13.2 Å². The minimum atomic E-state index is -4.83. The van der Waals surface area contributed by atoms with Crippen molar-refractivity contribution in [2.24, 2.45) is 0 Å². The predicted octanol–water partition coefficient (Wildman–Crippen LogP) is 3.96. The lowest BCUT2D eigenvalue weighted by Crippen LogP contribution is -2.17. The Morgan fingerprint density at radius 2 is 1.95 bits per heavy atom. The van der Waals surface area contributed by atoms with Gasteiger partial charge in [-0.3, -0.25) is 4.98 Å². The molecule has 0 saturated heterocycles. The molecule has 0 fully saturated rings. The van der Waals surface area contributed by atoms with Gasteiger partial charge < -0.3 is 9.84 Å². The van der Waals surface area contributed by atoms with Crippen molar-refractivity contribution in [3.63, 3.8) is 0 Å². The first kappa shape index (κ1) is 15.1. The van der Waals surface area contributed by atoms with Gasteiger partial charge in [0.25, 0.3) is 0 Å². The van der Waals surface area contributed by atoms with Crippen molar-refractivity contribution in [3.8, 4) is 5.75 Å². The molecular formula is C14H12F3NO3. The van der Waals surface area contributed by atoms with Gasteiger partial charge in [-0.2, -0.15) is 0 Å². The van der Waals surface area contributed by atoms with Gasteiger partial charge in [0.1, 0.15) is 5.75 Å². The smallest absolute Gasteiger partial charge is 0.478 e. The summed E-state index contributed by atoms with van der Waals surface area (Å²) in [5.41, 5.74) is 0.772. The molecule has 0 atom stereocenters. The fourth-order valence-corrected chi connectivity index (χ4v) is 1.90. The van der Waals surface area contributed by atoms with Gasteiger partial charge in [0.05, 0.1) is 11.1 Å². The summed E-state index contributed by atoms with van der Waals surface area (Å²) in [6.07, 6.45) is -4.83. The molecule has 1 heterocycles. The lowest BCUT2D eigenvalue weighted by molar-refractivity contribution is -0.274. The number of alkyl halides is 3. The third-order valence-corrected chi connectivity index (χ3v) is 2.86. The molecule has 7 heteroatoms. The van der Waals surface area contributed by atoms with Crippen molar-refractivity contribution in [1.82, 2.24) is 4.98 Å². The quantitative estimate of drug-likeness (QED) is 0.932. The third kappa shape index (κ3) is 3.42. The number of halogens is 3. The second-order valence-electron chi connectivity index (χ2n) is 4.78. The maximum Gasteiger partial charge on any atom is 0.573 e. The zero-order chi connectivity index (χ0) is 15.8. The van der Waals surface area contributed by atoms with Crippen LogP contribution in [-0.4, -0.2) is 22.4 Å². The monoisotopic (exact) mass is 299 g/mol. The van der Waals surface area contributed by atoms with E-state index < -0.39 is 18.1 Å². The molecule has 0 radical (unpaired) electrons. The number of carboxylic acids is 1. The number of pyridine rings is 1. The van der Waals surface area contributed by atoms with Crippen molar-refractivity contribution in [2.75, 3.05) is 0 Å². The molecule has 0 aliphatic rings. The highest BCUT2D eigenvalue weighted by atomic mass is 19.4. The number of aromatic nitrogens is 1. The number of hydrogen-bond donors (Lipinski definition) is 1. The number of carbonyl (C=O) groups is 1. The van der Waals surface area contributed by atoms with Crippen LogP contribution in [0.3, 0.4) is 0 Å². The van der Waals surface area contributed by atoms with E-state index >= 15 is 0 Å². The molecule has 0 spiro atoms. The van der Waals surface area contributed by atoms with Crippen molar-refractivity contribution < 1.29 is 27.8 Å². The summed E-state index contributed by atoms with van der Waals surface area (Å²) in [6, 6.07) is 4.82. The van der Waals surface area contributed by atoms with Gasteiger partial charge >= 0.3 is 12.3 Å². The number of fused-ring (bicyclic) bond motifs is 1. The second kappa shape index (κ2) is 5.23. The largest absolute Gasteiger partial charge is 0.573 e. The summed E-state index contributed by atoms with van der Waals surface area (Å²) in [6.45, 7) is 3.70. The topological polar surface area (TPSA) is 59.4 Å². The molecule has 0 aliphatic heterocycles. The fourth-order valence-electron chi connectivity index (χ4n) is 1.90.